The number of ether oxygens (including phenoxy) is 3. The first-order chi connectivity index (χ1) is 16.8. The number of hydrogen-bond acceptors (Lipinski definition) is 5. The molecule has 1 N–H and O–H groups in total. The fraction of sp³-hybridized carbons (Fsp3) is 0.231. The van der Waals surface area contributed by atoms with Crippen LogP contribution in [0.25, 0.3) is 0 Å². The highest BCUT2D eigenvalue weighted by molar-refractivity contribution is 6.35. The highest BCUT2D eigenvalue weighted by Gasteiger charge is 2.28. The zero-order valence-electron chi connectivity index (χ0n) is 19.1. The van der Waals surface area contributed by atoms with Gasteiger partial charge in [0.2, 0.25) is 0 Å². The summed E-state index contributed by atoms with van der Waals surface area (Å²) in [5, 5.41) is 10.1. The van der Waals surface area contributed by atoms with Gasteiger partial charge < -0.3 is 24.2 Å². The molecule has 0 fully saturated rings. The zero-order chi connectivity index (χ0) is 25.1. The standard InChI is InChI=1S/C26H23Cl2NO6/c1-3-29(24-19(27)5-4-6-22(24)33-2)25(30)15-7-10-21(20(28)13-15)35-16-8-9-17-18(26(31)32)11-12-34-23(17)14-16/h4-10,13-14,18H,3,11-12H2,1-2H3,(H,31,32). The molecule has 0 spiro atoms. The van der Waals surface area contributed by atoms with Gasteiger partial charge in [-0.25, -0.2) is 0 Å². The third kappa shape index (κ3) is 5.01. The Hall–Kier alpha value is -3.42. The Morgan fingerprint density at radius 2 is 1.89 bits per heavy atom. The molecule has 1 atom stereocenters. The first kappa shape index (κ1) is 24.7. The van der Waals surface area contributed by atoms with Gasteiger partial charge in [0.25, 0.3) is 5.91 Å². The monoisotopic (exact) mass is 515 g/mol. The molecule has 35 heavy (non-hydrogen) atoms. The van der Waals surface area contributed by atoms with Crippen molar-refractivity contribution in [3.63, 3.8) is 0 Å². The number of carboxylic acid groups (broad SMARTS) is 1. The predicted molar refractivity (Wildman–Crippen MR) is 134 cm³/mol. The molecule has 1 unspecified atom stereocenters. The number of fused-ring (bicyclic) bond motifs is 1. The Bertz CT molecular complexity index is 1280. The van der Waals surface area contributed by atoms with E-state index in [0.717, 1.165) is 0 Å². The second-order valence-corrected chi connectivity index (χ2v) is 8.63. The zero-order valence-corrected chi connectivity index (χ0v) is 20.6. The predicted octanol–water partition coefficient (Wildman–Crippen LogP) is 6.41. The number of anilines is 1. The lowest BCUT2D eigenvalue weighted by Gasteiger charge is -2.24. The lowest BCUT2D eigenvalue weighted by Crippen LogP contribution is -2.31. The van der Waals surface area contributed by atoms with Crippen molar-refractivity contribution < 1.29 is 28.9 Å². The van der Waals surface area contributed by atoms with Gasteiger partial charge in [0, 0.05) is 23.7 Å². The van der Waals surface area contributed by atoms with Crippen LogP contribution in [0.5, 0.6) is 23.0 Å². The second kappa shape index (κ2) is 10.5. The van der Waals surface area contributed by atoms with Gasteiger partial charge in [-0.15, -0.1) is 0 Å². The van der Waals surface area contributed by atoms with Crippen LogP contribution in [-0.4, -0.2) is 37.2 Å². The van der Waals surface area contributed by atoms with Crippen LogP contribution in [0.4, 0.5) is 5.69 Å². The number of rotatable bonds is 7. The molecule has 182 valence electrons. The first-order valence-electron chi connectivity index (χ1n) is 10.9. The van der Waals surface area contributed by atoms with Gasteiger partial charge in [0.1, 0.15) is 28.7 Å². The number of para-hydroxylation sites is 1. The number of carboxylic acids is 1. The van der Waals surface area contributed by atoms with Crippen LogP contribution < -0.4 is 19.1 Å². The number of carbonyl (C=O) groups excluding carboxylic acids is 1. The van der Waals surface area contributed by atoms with E-state index in [1.54, 1.807) is 48.5 Å². The molecule has 7 nitrogen and oxygen atoms in total. The summed E-state index contributed by atoms with van der Waals surface area (Å²) in [7, 11) is 1.52. The van der Waals surface area contributed by atoms with Gasteiger partial charge in [-0.2, -0.15) is 0 Å². The SMILES string of the molecule is CCN(C(=O)c1ccc(Oc2ccc3c(c2)OCCC3C(=O)O)c(Cl)c1)c1c(Cl)cccc1OC. The van der Waals surface area contributed by atoms with Gasteiger partial charge in [-0.05, 0) is 49.7 Å². The van der Waals surface area contributed by atoms with E-state index in [4.69, 9.17) is 37.4 Å². The smallest absolute Gasteiger partial charge is 0.311 e. The number of carbonyl (C=O) groups is 2. The Kier molecular flexibility index (Phi) is 7.38. The van der Waals surface area contributed by atoms with Crippen molar-refractivity contribution in [3.05, 3.63) is 75.8 Å². The highest BCUT2D eigenvalue weighted by Crippen LogP contribution is 2.40. The minimum atomic E-state index is -0.887. The van der Waals surface area contributed by atoms with E-state index in [1.807, 2.05) is 6.92 Å². The molecule has 1 aliphatic rings. The lowest BCUT2D eigenvalue weighted by molar-refractivity contribution is -0.139. The number of amides is 1. The fourth-order valence-electron chi connectivity index (χ4n) is 4.01. The molecule has 4 rings (SSSR count). The van der Waals surface area contributed by atoms with Crippen molar-refractivity contribution in [2.45, 2.75) is 19.3 Å². The Morgan fingerprint density at radius 3 is 2.57 bits per heavy atom. The van der Waals surface area contributed by atoms with Gasteiger partial charge >= 0.3 is 5.97 Å². The second-order valence-electron chi connectivity index (χ2n) is 7.81. The summed E-state index contributed by atoms with van der Waals surface area (Å²) in [5.41, 5.74) is 1.44. The molecule has 0 saturated carbocycles. The average Bonchev–Trinajstić information content (AvgIpc) is 2.85. The fourth-order valence-corrected chi connectivity index (χ4v) is 4.50. The number of aliphatic carboxylic acids is 1. The largest absolute Gasteiger partial charge is 0.495 e. The molecule has 1 amide bonds. The summed E-state index contributed by atoms with van der Waals surface area (Å²) in [6.45, 7) is 2.52. The number of halogens is 2. The molecule has 1 heterocycles. The summed E-state index contributed by atoms with van der Waals surface area (Å²) in [4.78, 5) is 26.3. The molecule has 0 radical (unpaired) electrons. The van der Waals surface area contributed by atoms with Crippen molar-refractivity contribution in [3.8, 4) is 23.0 Å². The molecule has 3 aromatic rings. The van der Waals surface area contributed by atoms with E-state index in [0.29, 0.717) is 64.4 Å². The quantitative estimate of drug-likeness (QED) is 0.391. The van der Waals surface area contributed by atoms with Crippen molar-refractivity contribution >= 4 is 40.8 Å². The van der Waals surface area contributed by atoms with Crippen LogP contribution in [0, 0.1) is 0 Å². The topological polar surface area (TPSA) is 85.3 Å². The molecular weight excluding hydrogens is 493 g/mol. The van der Waals surface area contributed by atoms with Gasteiger partial charge in [-0.1, -0.05) is 35.3 Å². The molecule has 0 aliphatic carbocycles. The minimum Gasteiger partial charge on any atom is -0.495 e. The van der Waals surface area contributed by atoms with E-state index in [9.17, 15) is 14.7 Å². The maximum atomic E-state index is 13.3. The maximum absolute atomic E-state index is 13.3. The van der Waals surface area contributed by atoms with Gasteiger partial charge in [0.15, 0.2) is 0 Å². The third-order valence-corrected chi connectivity index (χ3v) is 6.33. The Balaban J connectivity index is 1.58. The summed E-state index contributed by atoms with van der Waals surface area (Å²) in [6, 6.07) is 14.9. The van der Waals surface area contributed by atoms with Crippen LogP contribution >= 0.6 is 23.2 Å². The van der Waals surface area contributed by atoms with Crippen LogP contribution in [0.3, 0.4) is 0 Å². The normalized spacial score (nSPS) is 14.5. The van der Waals surface area contributed by atoms with E-state index in [-0.39, 0.29) is 10.9 Å². The first-order valence-corrected chi connectivity index (χ1v) is 11.7. The average molecular weight is 516 g/mol. The van der Waals surface area contributed by atoms with Crippen LogP contribution in [0.2, 0.25) is 10.0 Å². The number of hydrogen-bond donors (Lipinski definition) is 1. The summed E-state index contributed by atoms with van der Waals surface area (Å²) in [6.07, 6.45) is 0.415. The van der Waals surface area contributed by atoms with Crippen molar-refractivity contribution in [2.75, 3.05) is 25.2 Å². The van der Waals surface area contributed by atoms with Crippen molar-refractivity contribution in [1.82, 2.24) is 0 Å². The maximum Gasteiger partial charge on any atom is 0.311 e. The molecule has 0 bridgehead atoms. The molecular formula is C26H23Cl2NO6. The van der Waals surface area contributed by atoms with Gasteiger partial charge in [0.05, 0.1) is 29.7 Å². The van der Waals surface area contributed by atoms with Crippen LogP contribution in [0.1, 0.15) is 35.2 Å². The number of methoxy groups -OCH3 is 1. The number of nitrogens with zero attached hydrogens (tertiary/aromatic N) is 1. The Morgan fingerprint density at radius 1 is 1.09 bits per heavy atom. The molecule has 9 heteroatoms. The highest BCUT2D eigenvalue weighted by atomic mass is 35.5. The molecule has 1 aliphatic heterocycles. The summed E-state index contributed by atoms with van der Waals surface area (Å²) in [5.74, 6) is -0.0648. The van der Waals surface area contributed by atoms with Crippen LogP contribution in [0.15, 0.2) is 54.6 Å². The van der Waals surface area contributed by atoms with Gasteiger partial charge in [-0.3, -0.25) is 9.59 Å². The van der Waals surface area contributed by atoms with Crippen molar-refractivity contribution in [2.24, 2.45) is 0 Å². The van der Waals surface area contributed by atoms with Crippen LogP contribution in [-0.2, 0) is 4.79 Å². The van der Waals surface area contributed by atoms with Crippen molar-refractivity contribution in [1.29, 1.82) is 0 Å². The van der Waals surface area contributed by atoms with E-state index in [2.05, 4.69) is 0 Å². The van der Waals surface area contributed by atoms with E-state index >= 15 is 0 Å². The van der Waals surface area contributed by atoms with E-state index in [1.165, 1.54) is 18.1 Å². The summed E-state index contributed by atoms with van der Waals surface area (Å²) >= 11 is 12.8. The number of benzene rings is 3. The summed E-state index contributed by atoms with van der Waals surface area (Å²) < 4.78 is 16.9. The van der Waals surface area contributed by atoms with E-state index < -0.39 is 11.9 Å². The minimum absolute atomic E-state index is 0.236. The third-order valence-electron chi connectivity index (χ3n) is 5.73. The Labute approximate surface area is 212 Å². The molecule has 0 saturated heterocycles. The molecule has 3 aromatic carbocycles. The lowest BCUT2D eigenvalue weighted by atomic mass is 9.93. The molecule has 0 aromatic heterocycles.